The van der Waals surface area contributed by atoms with E-state index >= 15 is 0 Å². The third-order valence-electron chi connectivity index (χ3n) is 4.51. The minimum atomic E-state index is 0.110. The van der Waals surface area contributed by atoms with Crippen molar-refractivity contribution in [2.24, 2.45) is 5.73 Å². The highest BCUT2D eigenvalue weighted by Gasteiger charge is 2.26. The average Bonchev–Trinajstić information content (AvgIpc) is 2.67. The number of rotatable bonds is 4. The fraction of sp³-hybridized carbons (Fsp3) is 0.867. The van der Waals surface area contributed by atoms with Gasteiger partial charge in [0.05, 0.1) is 17.6 Å². The summed E-state index contributed by atoms with van der Waals surface area (Å²) < 4.78 is 0. The Bertz CT molecular complexity index is 340. The minimum absolute atomic E-state index is 0.110. The molecule has 0 radical (unpaired) electrons. The Morgan fingerprint density at radius 1 is 1.10 bits per heavy atom. The molecule has 114 valence electrons. The van der Waals surface area contributed by atoms with Gasteiger partial charge in [-0.3, -0.25) is 9.69 Å². The molecule has 0 aromatic heterocycles. The highest BCUT2D eigenvalue weighted by atomic mass is 32.1. The van der Waals surface area contributed by atoms with Crippen molar-refractivity contribution in [2.75, 3.05) is 13.1 Å². The van der Waals surface area contributed by atoms with Gasteiger partial charge < -0.3 is 11.1 Å². The molecule has 3 N–H and O–H groups in total. The predicted octanol–water partition coefficient (Wildman–Crippen LogP) is 1.97. The zero-order valence-corrected chi connectivity index (χ0v) is 13.1. The summed E-state index contributed by atoms with van der Waals surface area (Å²) in [5.74, 6) is 0.139. The maximum Gasteiger partial charge on any atom is 0.234 e. The van der Waals surface area contributed by atoms with Crippen LogP contribution in [0.2, 0.25) is 0 Å². The number of nitrogens with zero attached hydrogens (tertiary/aromatic N) is 1. The van der Waals surface area contributed by atoms with E-state index in [2.05, 4.69) is 10.2 Å². The maximum absolute atomic E-state index is 12.2. The van der Waals surface area contributed by atoms with Crippen molar-refractivity contribution in [3.05, 3.63) is 0 Å². The predicted molar refractivity (Wildman–Crippen MR) is 85.6 cm³/mol. The zero-order valence-electron chi connectivity index (χ0n) is 12.3. The summed E-state index contributed by atoms with van der Waals surface area (Å²) in [6.45, 7) is 1.37. The third-order valence-corrected chi connectivity index (χ3v) is 4.78. The molecule has 5 heteroatoms. The van der Waals surface area contributed by atoms with Gasteiger partial charge in [-0.15, -0.1) is 0 Å². The number of amides is 1. The molecule has 1 unspecified atom stereocenters. The van der Waals surface area contributed by atoms with Gasteiger partial charge in [0.25, 0.3) is 0 Å². The molecule has 0 aromatic rings. The number of piperidine rings is 1. The number of thiocarbonyl (C=S) groups is 1. The van der Waals surface area contributed by atoms with Gasteiger partial charge in [-0.1, -0.05) is 44.3 Å². The smallest absolute Gasteiger partial charge is 0.234 e. The first-order valence-corrected chi connectivity index (χ1v) is 8.40. The van der Waals surface area contributed by atoms with Crippen molar-refractivity contribution in [3.63, 3.8) is 0 Å². The van der Waals surface area contributed by atoms with Gasteiger partial charge in [0.15, 0.2) is 0 Å². The second kappa shape index (κ2) is 7.93. The lowest BCUT2D eigenvalue weighted by atomic mass is 10.0. The summed E-state index contributed by atoms with van der Waals surface area (Å²) in [7, 11) is 0. The summed E-state index contributed by atoms with van der Waals surface area (Å²) in [5.41, 5.74) is 5.80. The number of hydrogen-bond acceptors (Lipinski definition) is 3. The van der Waals surface area contributed by atoms with Gasteiger partial charge in [-0.2, -0.15) is 0 Å². The number of nitrogens with two attached hydrogens (primary N) is 1. The molecule has 2 fully saturated rings. The molecular weight excluding hydrogens is 270 g/mol. The Kier molecular flexibility index (Phi) is 6.23. The van der Waals surface area contributed by atoms with E-state index in [1.165, 1.54) is 25.7 Å². The van der Waals surface area contributed by atoms with Crippen molar-refractivity contribution in [1.29, 1.82) is 0 Å². The number of carbonyl (C=O) groups excluding carboxylic acids is 1. The SMILES string of the molecule is NC(=S)C1CCCCN1CC(=O)NC1CCCCCC1. The van der Waals surface area contributed by atoms with Gasteiger partial charge in [0.2, 0.25) is 5.91 Å². The van der Waals surface area contributed by atoms with Gasteiger partial charge in [0, 0.05) is 6.04 Å². The fourth-order valence-corrected chi connectivity index (χ4v) is 3.65. The largest absolute Gasteiger partial charge is 0.392 e. The van der Waals surface area contributed by atoms with Crippen LogP contribution in [0.1, 0.15) is 57.8 Å². The van der Waals surface area contributed by atoms with E-state index in [4.69, 9.17) is 18.0 Å². The lowest BCUT2D eigenvalue weighted by Crippen LogP contribution is -2.51. The summed E-state index contributed by atoms with van der Waals surface area (Å²) >= 11 is 5.13. The molecule has 1 aliphatic heterocycles. The highest BCUT2D eigenvalue weighted by molar-refractivity contribution is 7.80. The van der Waals surface area contributed by atoms with Crippen molar-refractivity contribution < 1.29 is 4.79 Å². The summed E-state index contributed by atoms with van der Waals surface area (Å²) in [6.07, 6.45) is 10.6. The van der Waals surface area contributed by atoms with Crippen LogP contribution in [-0.2, 0) is 4.79 Å². The zero-order chi connectivity index (χ0) is 14.4. The van der Waals surface area contributed by atoms with Crippen molar-refractivity contribution >= 4 is 23.1 Å². The normalized spacial score (nSPS) is 25.9. The molecule has 1 aliphatic carbocycles. The third kappa shape index (κ3) is 4.70. The van der Waals surface area contributed by atoms with E-state index in [1.54, 1.807) is 0 Å². The van der Waals surface area contributed by atoms with Crippen LogP contribution in [0.4, 0.5) is 0 Å². The molecule has 0 spiro atoms. The standard InChI is InChI=1S/C15H27N3OS/c16-15(20)13-9-5-6-10-18(13)11-14(19)17-12-7-3-1-2-4-8-12/h12-13H,1-11H2,(H2,16,20)(H,17,19). The Morgan fingerprint density at radius 2 is 1.75 bits per heavy atom. The monoisotopic (exact) mass is 297 g/mol. The summed E-state index contributed by atoms with van der Waals surface area (Å²) in [5, 5.41) is 3.20. The van der Waals surface area contributed by atoms with Crippen LogP contribution >= 0.6 is 12.2 Å². The lowest BCUT2D eigenvalue weighted by Gasteiger charge is -2.34. The van der Waals surface area contributed by atoms with Crippen LogP contribution in [0, 0.1) is 0 Å². The quantitative estimate of drug-likeness (QED) is 0.615. The van der Waals surface area contributed by atoms with E-state index in [0.717, 1.165) is 38.6 Å². The Hall–Kier alpha value is -0.680. The fourth-order valence-electron chi connectivity index (χ4n) is 3.38. The van der Waals surface area contributed by atoms with E-state index < -0.39 is 0 Å². The molecule has 1 saturated heterocycles. The van der Waals surface area contributed by atoms with E-state index in [-0.39, 0.29) is 11.9 Å². The van der Waals surface area contributed by atoms with Gasteiger partial charge in [-0.25, -0.2) is 0 Å². The second-order valence-electron chi connectivity index (χ2n) is 6.14. The van der Waals surface area contributed by atoms with Gasteiger partial charge in [-0.05, 0) is 32.2 Å². The summed E-state index contributed by atoms with van der Waals surface area (Å²) in [4.78, 5) is 14.9. The van der Waals surface area contributed by atoms with Gasteiger partial charge >= 0.3 is 0 Å². The molecule has 1 atom stereocenters. The second-order valence-corrected chi connectivity index (χ2v) is 6.61. The first-order valence-electron chi connectivity index (χ1n) is 7.99. The van der Waals surface area contributed by atoms with Crippen LogP contribution in [0.25, 0.3) is 0 Å². The first kappa shape index (κ1) is 15.7. The van der Waals surface area contributed by atoms with Crippen LogP contribution in [0.5, 0.6) is 0 Å². The molecule has 1 saturated carbocycles. The van der Waals surface area contributed by atoms with Gasteiger partial charge in [0.1, 0.15) is 0 Å². The minimum Gasteiger partial charge on any atom is -0.392 e. The lowest BCUT2D eigenvalue weighted by molar-refractivity contribution is -0.123. The molecule has 0 aromatic carbocycles. The Morgan fingerprint density at radius 3 is 2.40 bits per heavy atom. The van der Waals surface area contributed by atoms with Crippen molar-refractivity contribution in [3.8, 4) is 0 Å². The van der Waals surface area contributed by atoms with Crippen molar-refractivity contribution in [1.82, 2.24) is 10.2 Å². The van der Waals surface area contributed by atoms with Crippen LogP contribution in [-0.4, -0.2) is 41.0 Å². The molecular formula is C15H27N3OS. The van der Waals surface area contributed by atoms with E-state index in [9.17, 15) is 4.79 Å². The first-order chi connectivity index (χ1) is 9.66. The molecule has 1 heterocycles. The number of nitrogens with one attached hydrogen (secondary N) is 1. The molecule has 1 amide bonds. The molecule has 0 bridgehead atoms. The van der Waals surface area contributed by atoms with Crippen LogP contribution in [0.3, 0.4) is 0 Å². The topological polar surface area (TPSA) is 58.4 Å². The highest BCUT2D eigenvalue weighted by Crippen LogP contribution is 2.19. The average molecular weight is 297 g/mol. The Balaban J connectivity index is 1.81. The maximum atomic E-state index is 12.2. The van der Waals surface area contributed by atoms with E-state index in [0.29, 0.717) is 17.6 Å². The molecule has 2 rings (SSSR count). The number of hydrogen-bond donors (Lipinski definition) is 2. The number of likely N-dealkylation sites (tertiary alicyclic amines) is 1. The molecule has 20 heavy (non-hydrogen) atoms. The van der Waals surface area contributed by atoms with Crippen LogP contribution < -0.4 is 11.1 Å². The van der Waals surface area contributed by atoms with E-state index in [1.807, 2.05) is 0 Å². The summed E-state index contributed by atoms with van der Waals surface area (Å²) in [6, 6.07) is 0.483. The Labute approximate surface area is 127 Å². The molecule has 2 aliphatic rings. The number of carbonyl (C=O) groups is 1. The van der Waals surface area contributed by atoms with Crippen LogP contribution in [0.15, 0.2) is 0 Å². The van der Waals surface area contributed by atoms with Crippen molar-refractivity contribution in [2.45, 2.75) is 69.9 Å². The molecule has 4 nitrogen and oxygen atoms in total.